The Balaban J connectivity index is 1.58. The summed E-state index contributed by atoms with van der Waals surface area (Å²) < 4.78 is 12.6. The maximum atomic E-state index is 13.2. The van der Waals surface area contributed by atoms with Gasteiger partial charge in [0, 0.05) is 35.3 Å². The summed E-state index contributed by atoms with van der Waals surface area (Å²) in [6.07, 6.45) is 3.41. The fraction of sp³-hybridized carbons (Fsp3) is 0.136. The van der Waals surface area contributed by atoms with Crippen LogP contribution < -0.4 is 19.7 Å². The number of carbonyl (C=O) groups excluding carboxylic acids is 3. The number of rotatable bonds is 3. The van der Waals surface area contributed by atoms with Crippen LogP contribution in [0.1, 0.15) is 12.5 Å². The highest BCUT2D eigenvalue weighted by Gasteiger charge is 2.37. The van der Waals surface area contributed by atoms with Gasteiger partial charge >= 0.3 is 6.03 Å². The van der Waals surface area contributed by atoms with E-state index < -0.39 is 17.8 Å². The summed E-state index contributed by atoms with van der Waals surface area (Å²) in [5, 5.41) is 3.16. The van der Waals surface area contributed by atoms with Crippen molar-refractivity contribution in [3.05, 3.63) is 59.8 Å². The molecular formula is C22H17N3O5. The van der Waals surface area contributed by atoms with Crippen molar-refractivity contribution in [1.29, 1.82) is 0 Å². The second kappa shape index (κ2) is 6.77. The normalized spacial score (nSPS) is 17.2. The van der Waals surface area contributed by atoms with Gasteiger partial charge in [0.25, 0.3) is 11.8 Å². The van der Waals surface area contributed by atoms with E-state index in [9.17, 15) is 14.4 Å². The first kappa shape index (κ1) is 18.0. The Morgan fingerprint density at radius 1 is 1.07 bits per heavy atom. The van der Waals surface area contributed by atoms with Gasteiger partial charge in [-0.3, -0.25) is 14.9 Å². The Hall–Kier alpha value is -4.07. The number of anilines is 1. The van der Waals surface area contributed by atoms with Crippen LogP contribution in [-0.2, 0) is 16.1 Å². The van der Waals surface area contributed by atoms with E-state index in [0.717, 1.165) is 27.9 Å². The fourth-order valence-corrected chi connectivity index (χ4v) is 3.72. The molecule has 0 spiro atoms. The van der Waals surface area contributed by atoms with E-state index in [-0.39, 0.29) is 18.1 Å². The van der Waals surface area contributed by atoms with Gasteiger partial charge in [0.2, 0.25) is 6.79 Å². The first-order valence-electron chi connectivity index (χ1n) is 9.46. The molecule has 30 heavy (non-hydrogen) atoms. The molecule has 0 unspecified atom stereocenters. The quantitative estimate of drug-likeness (QED) is 0.536. The number of fused-ring (bicyclic) bond motifs is 2. The van der Waals surface area contributed by atoms with Crippen molar-refractivity contribution in [3.8, 4) is 11.5 Å². The van der Waals surface area contributed by atoms with Crippen molar-refractivity contribution in [2.75, 3.05) is 11.7 Å². The zero-order chi connectivity index (χ0) is 20.8. The number of amides is 4. The Morgan fingerprint density at radius 3 is 2.70 bits per heavy atom. The standard InChI is InChI=1S/C22H17N3O5/c1-2-24-11-13(15-5-3-4-6-17(15)24)9-16-20(26)23-22(28)25(21(16)27)14-7-8-18-19(10-14)30-12-29-18/h3-11H,2,12H2,1H3,(H,23,26,28)/b16-9+. The van der Waals surface area contributed by atoms with Crippen LogP contribution in [0.3, 0.4) is 0 Å². The summed E-state index contributed by atoms with van der Waals surface area (Å²) in [5.74, 6) is -0.462. The van der Waals surface area contributed by atoms with Gasteiger partial charge in [-0.25, -0.2) is 9.69 Å². The lowest BCUT2D eigenvalue weighted by molar-refractivity contribution is -0.122. The first-order valence-corrected chi connectivity index (χ1v) is 9.46. The molecule has 0 saturated carbocycles. The smallest absolute Gasteiger partial charge is 0.335 e. The number of urea groups is 1. The van der Waals surface area contributed by atoms with Crippen molar-refractivity contribution >= 4 is 40.5 Å². The number of hydrogen-bond acceptors (Lipinski definition) is 5. The molecule has 0 aliphatic carbocycles. The topological polar surface area (TPSA) is 89.9 Å². The molecule has 1 aromatic heterocycles. The molecule has 0 bridgehead atoms. The van der Waals surface area contributed by atoms with Crippen molar-refractivity contribution in [2.45, 2.75) is 13.5 Å². The van der Waals surface area contributed by atoms with Crippen molar-refractivity contribution in [1.82, 2.24) is 9.88 Å². The zero-order valence-corrected chi connectivity index (χ0v) is 16.0. The average Bonchev–Trinajstić information content (AvgIpc) is 3.35. The number of imide groups is 2. The maximum absolute atomic E-state index is 13.2. The van der Waals surface area contributed by atoms with Gasteiger partial charge in [0.1, 0.15) is 5.57 Å². The number of carbonyl (C=O) groups is 3. The predicted octanol–water partition coefficient (Wildman–Crippen LogP) is 3.06. The summed E-state index contributed by atoms with van der Waals surface area (Å²) in [6, 6.07) is 11.7. The lowest BCUT2D eigenvalue weighted by Crippen LogP contribution is -2.54. The molecule has 0 atom stereocenters. The number of aryl methyl sites for hydroxylation is 1. The van der Waals surface area contributed by atoms with Crippen LogP contribution >= 0.6 is 0 Å². The van der Waals surface area contributed by atoms with Crippen molar-refractivity contribution < 1.29 is 23.9 Å². The minimum absolute atomic E-state index is 0.0735. The summed E-state index contributed by atoms with van der Waals surface area (Å²) in [4.78, 5) is 39.0. The molecular weight excluding hydrogens is 386 g/mol. The third-order valence-electron chi connectivity index (χ3n) is 5.18. The molecule has 2 aliphatic heterocycles. The summed E-state index contributed by atoms with van der Waals surface area (Å²) >= 11 is 0. The zero-order valence-electron chi connectivity index (χ0n) is 16.0. The lowest BCUT2D eigenvalue weighted by Gasteiger charge is -2.26. The number of barbiturate groups is 1. The maximum Gasteiger partial charge on any atom is 0.335 e. The highest BCUT2D eigenvalue weighted by molar-refractivity contribution is 6.39. The van der Waals surface area contributed by atoms with Gasteiger partial charge in [-0.1, -0.05) is 18.2 Å². The Labute approximate surface area is 171 Å². The molecule has 5 rings (SSSR count). The average molecular weight is 403 g/mol. The molecule has 0 radical (unpaired) electrons. The second-order valence-electron chi connectivity index (χ2n) is 6.88. The van der Waals surface area contributed by atoms with Gasteiger partial charge in [-0.15, -0.1) is 0 Å². The highest BCUT2D eigenvalue weighted by atomic mass is 16.7. The largest absolute Gasteiger partial charge is 0.454 e. The van der Waals surface area contributed by atoms with E-state index in [2.05, 4.69) is 5.32 Å². The molecule has 150 valence electrons. The number of benzene rings is 2. The van der Waals surface area contributed by atoms with E-state index in [1.807, 2.05) is 42.0 Å². The van der Waals surface area contributed by atoms with E-state index in [1.165, 1.54) is 12.1 Å². The van der Waals surface area contributed by atoms with E-state index in [1.54, 1.807) is 12.1 Å². The molecule has 8 nitrogen and oxygen atoms in total. The SMILES string of the molecule is CCn1cc(/C=C2\C(=O)NC(=O)N(c3ccc4c(c3)OCO4)C2=O)c2ccccc21. The summed E-state index contributed by atoms with van der Waals surface area (Å²) in [6.45, 7) is 2.83. The van der Waals surface area contributed by atoms with E-state index in [4.69, 9.17) is 9.47 Å². The summed E-state index contributed by atoms with van der Waals surface area (Å²) in [5.41, 5.74) is 1.90. The van der Waals surface area contributed by atoms with Crippen molar-refractivity contribution in [3.63, 3.8) is 0 Å². The van der Waals surface area contributed by atoms with Crippen LogP contribution in [0.4, 0.5) is 10.5 Å². The summed E-state index contributed by atoms with van der Waals surface area (Å²) in [7, 11) is 0. The molecule has 1 N–H and O–H groups in total. The van der Waals surface area contributed by atoms with E-state index in [0.29, 0.717) is 11.5 Å². The molecule has 8 heteroatoms. The minimum Gasteiger partial charge on any atom is -0.454 e. The number of ether oxygens (including phenoxy) is 2. The van der Waals surface area contributed by atoms with Crippen LogP contribution in [0.2, 0.25) is 0 Å². The van der Waals surface area contributed by atoms with Gasteiger partial charge in [-0.05, 0) is 31.2 Å². The third-order valence-corrected chi connectivity index (χ3v) is 5.18. The molecule has 1 fully saturated rings. The third kappa shape index (κ3) is 2.73. The number of nitrogens with zero attached hydrogens (tertiary/aromatic N) is 2. The number of aromatic nitrogens is 1. The number of para-hydroxylation sites is 1. The van der Waals surface area contributed by atoms with Crippen LogP contribution in [-0.4, -0.2) is 29.2 Å². The van der Waals surface area contributed by atoms with Crippen molar-refractivity contribution in [2.24, 2.45) is 0 Å². The van der Waals surface area contributed by atoms with Crippen LogP contribution in [0.15, 0.2) is 54.2 Å². The minimum atomic E-state index is -0.808. The molecule has 4 amide bonds. The second-order valence-corrected chi connectivity index (χ2v) is 6.88. The van der Waals surface area contributed by atoms with Gasteiger partial charge < -0.3 is 14.0 Å². The molecule has 2 aliphatic rings. The molecule has 3 aromatic rings. The number of nitrogens with one attached hydrogen (secondary N) is 1. The Bertz CT molecular complexity index is 1260. The molecule has 3 heterocycles. The van der Waals surface area contributed by atoms with Gasteiger partial charge in [0.05, 0.1) is 5.69 Å². The fourth-order valence-electron chi connectivity index (χ4n) is 3.72. The van der Waals surface area contributed by atoms with Gasteiger partial charge in [-0.2, -0.15) is 0 Å². The van der Waals surface area contributed by atoms with E-state index >= 15 is 0 Å². The predicted molar refractivity (Wildman–Crippen MR) is 109 cm³/mol. The van der Waals surface area contributed by atoms with Crippen LogP contribution in [0.5, 0.6) is 11.5 Å². The molecule has 2 aromatic carbocycles. The van der Waals surface area contributed by atoms with Crippen LogP contribution in [0, 0.1) is 0 Å². The Morgan fingerprint density at radius 2 is 1.87 bits per heavy atom. The highest BCUT2D eigenvalue weighted by Crippen LogP contribution is 2.36. The van der Waals surface area contributed by atoms with Gasteiger partial charge in [0.15, 0.2) is 11.5 Å². The first-order chi connectivity index (χ1) is 14.6. The number of hydrogen-bond donors (Lipinski definition) is 1. The Kier molecular flexibility index (Phi) is 4.06. The monoisotopic (exact) mass is 403 g/mol. The van der Waals surface area contributed by atoms with Crippen LogP contribution in [0.25, 0.3) is 17.0 Å². The lowest BCUT2D eigenvalue weighted by atomic mass is 10.1. The molecule has 1 saturated heterocycles.